The highest BCUT2D eigenvalue weighted by molar-refractivity contribution is 5.35. The van der Waals surface area contributed by atoms with Gasteiger partial charge in [-0.3, -0.25) is 0 Å². The topological polar surface area (TPSA) is 26.0 Å². The third-order valence-corrected chi connectivity index (χ3v) is 2.27. The maximum absolute atomic E-state index is 5.36. The lowest BCUT2D eigenvalue weighted by Gasteiger charge is -2.01. The van der Waals surface area contributed by atoms with Gasteiger partial charge >= 0.3 is 0 Å². The van der Waals surface area contributed by atoms with E-state index in [1.165, 1.54) is 5.56 Å². The van der Waals surface area contributed by atoms with Crippen LogP contribution < -0.4 is 5.73 Å². The largest absolute Gasteiger partial charge is 0.399 e. The molecule has 0 bridgehead atoms. The van der Waals surface area contributed by atoms with Crippen LogP contribution in [-0.2, 0) is 0 Å². The van der Waals surface area contributed by atoms with Gasteiger partial charge < -0.3 is 5.73 Å². The number of anilines is 1. The van der Waals surface area contributed by atoms with Crippen LogP contribution in [0.4, 0.5) is 5.69 Å². The molecule has 0 aliphatic rings. The summed E-state index contributed by atoms with van der Waals surface area (Å²) in [5.41, 5.74) is 7.59. The van der Waals surface area contributed by atoms with Crippen molar-refractivity contribution in [1.29, 1.82) is 0 Å². The molecule has 1 nitrogen and oxygen atoms in total. The minimum atomic E-state index is 0.659. The number of hydrogen-bond acceptors (Lipinski definition) is 1. The standard InChI is InChI=1S/C9H12.C6H7N/c1-8(2)9-6-4-3-5-7-9;7-6-4-2-1-3-5-6/h3-8H,1-2H3;1-5H,7H2. The summed E-state index contributed by atoms with van der Waals surface area (Å²) < 4.78 is 0. The van der Waals surface area contributed by atoms with E-state index < -0.39 is 0 Å². The quantitative estimate of drug-likeness (QED) is 0.710. The van der Waals surface area contributed by atoms with E-state index in [1.54, 1.807) is 0 Å². The second-order valence-corrected chi connectivity index (χ2v) is 3.98. The predicted molar refractivity (Wildman–Crippen MR) is 71.4 cm³/mol. The molecule has 0 aromatic heterocycles. The van der Waals surface area contributed by atoms with Gasteiger partial charge in [-0.15, -0.1) is 0 Å². The molecule has 0 amide bonds. The Balaban J connectivity index is 0.000000165. The zero-order valence-corrected chi connectivity index (χ0v) is 9.93. The van der Waals surface area contributed by atoms with Crippen LogP contribution in [0.25, 0.3) is 0 Å². The molecular weight excluding hydrogens is 194 g/mol. The molecule has 2 N–H and O–H groups in total. The number of para-hydroxylation sites is 1. The molecule has 0 aliphatic carbocycles. The molecule has 2 aromatic rings. The lowest BCUT2D eigenvalue weighted by molar-refractivity contribution is 0.867. The van der Waals surface area contributed by atoms with Crippen LogP contribution in [0.15, 0.2) is 60.7 Å². The van der Waals surface area contributed by atoms with E-state index in [-0.39, 0.29) is 0 Å². The van der Waals surface area contributed by atoms with Gasteiger partial charge in [0.1, 0.15) is 0 Å². The van der Waals surface area contributed by atoms with Crippen LogP contribution in [0.5, 0.6) is 0 Å². The molecule has 0 saturated carbocycles. The first kappa shape index (κ1) is 12.3. The molecule has 84 valence electrons. The van der Waals surface area contributed by atoms with E-state index in [0.717, 1.165) is 5.69 Å². The summed E-state index contributed by atoms with van der Waals surface area (Å²) in [5, 5.41) is 0. The summed E-state index contributed by atoms with van der Waals surface area (Å²) >= 11 is 0. The van der Waals surface area contributed by atoms with E-state index in [9.17, 15) is 0 Å². The first-order chi connectivity index (χ1) is 7.70. The van der Waals surface area contributed by atoms with Gasteiger partial charge in [0.15, 0.2) is 0 Å². The van der Waals surface area contributed by atoms with Crippen LogP contribution in [0.3, 0.4) is 0 Å². The fourth-order valence-corrected chi connectivity index (χ4v) is 1.29. The van der Waals surface area contributed by atoms with Crippen molar-refractivity contribution >= 4 is 5.69 Å². The van der Waals surface area contributed by atoms with Gasteiger partial charge in [0.2, 0.25) is 0 Å². The number of nitrogen functional groups attached to an aromatic ring is 1. The average Bonchev–Trinajstić information content (AvgIpc) is 2.32. The van der Waals surface area contributed by atoms with Crippen molar-refractivity contribution in [2.24, 2.45) is 0 Å². The van der Waals surface area contributed by atoms with Crippen LogP contribution in [0, 0.1) is 0 Å². The van der Waals surface area contributed by atoms with Crippen LogP contribution >= 0.6 is 0 Å². The molecule has 2 aromatic carbocycles. The van der Waals surface area contributed by atoms with Gasteiger partial charge in [-0.2, -0.15) is 0 Å². The highest BCUT2D eigenvalue weighted by atomic mass is 14.5. The van der Waals surface area contributed by atoms with Gasteiger partial charge in [0.05, 0.1) is 0 Å². The molecular formula is C15H19N. The van der Waals surface area contributed by atoms with Crippen LogP contribution in [-0.4, -0.2) is 0 Å². The smallest absolute Gasteiger partial charge is 0.0313 e. The van der Waals surface area contributed by atoms with Crippen molar-refractivity contribution in [1.82, 2.24) is 0 Å². The predicted octanol–water partition coefficient (Wildman–Crippen LogP) is 4.08. The Morgan fingerprint density at radius 3 is 1.44 bits per heavy atom. The Kier molecular flexibility index (Phi) is 5.13. The minimum Gasteiger partial charge on any atom is -0.399 e. The van der Waals surface area contributed by atoms with Gasteiger partial charge in [-0.1, -0.05) is 62.4 Å². The maximum atomic E-state index is 5.36. The maximum Gasteiger partial charge on any atom is 0.0313 e. The second-order valence-electron chi connectivity index (χ2n) is 3.98. The summed E-state index contributed by atoms with van der Waals surface area (Å²) in [6.45, 7) is 4.41. The number of hydrogen-bond donors (Lipinski definition) is 1. The first-order valence-electron chi connectivity index (χ1n) is 5.55. The molecule has 0 saturated heterocycles. The lowest BCUT2D eigenvalue weighted by atomic mass is 10.0. The average molecular weight is 213 g/mol. The molecule has 1 heteroatoms. The Bertz CT molecular complexity index is 379. The summed E-state index contributed by atoms with van der Waals surface area (Å²) in [6.07, 6.45) is 0. The van der Waals surface area contributed by atoms with Gasteiger partial charge in [-0.25, -0.2) is 0 Å². The van der Waals surface area contributed by atoms with E-state index in [2.05, 4.69) is 38.1 Å². The molecule has 0 atom stereocenters. The summed E-state index contributed by atoms with van der Waals surface area (Å²) in [5.74, 6) is 0.659. The molecule has 0 fully saturated rings. The Hall–Kier alpha value is -1.76. The van der Waals surface area contributed by atoms with E-state index in [0.29, 0.717) is 5.92 Å². The van der Waals surface area contributed by atoms with E-state index in [1.807, 2.05) is 36.4 Å². The van der Waals surface area contributed by atoms with Gasteiger partial charge in [0, 0.05) is 5.69 Å². The van der Waals surface area contributed by atoms with Crippen molar-refractivity contribution in [2.45, 2.75) is 19.8 Å². The number of rotatable bonds is 1. The third kappa shape index (κ3) is 4.65. The molecule has 0 unspecified atom stereocenters. The molecule has 0 aliphatic heterocycles. The Labute approximate surface area is 97.9 Å². The van der Waals surface area contributed by atoms with E-state index >= 15 is 0 Å². The van der Waals surface area contributed by atoms with Gasteiger partial charge in [0.25, 0.3) is 0 Å². The first-order valence-corrected chi connectivity index (χ1v) is 5.55. The summed E-state index contributed by atoms with van der Waals surface area (Å²) in [4.78, 5) is 0. The summed E-state index contributed by atoms with van der Waals surface area (Å²) in [6, 6.07) is 20.0. The fraction of sp³-hybridized carbons (Fsp3) is 0.200. The second kappa shape index (κ2) is 6.67. The molecule has 0 radical (unpaired) electrons. The highest BCUT2D eigenvalue weighted by Gasteiger charge is 1.93. The molecule has 16 heavy (non-hydrogen) atoms. The SMILES string of the molecule is CC(C)c1ccccc1.Nc1ccccc1. The molecule has 2 rings (SSSR count). The zero-order valence-electron chi connectivity index (χ0n) is 9.93. The van der Waals surface area contributed by atoms with Crippen molar-refractivity contribution in [2.75, 3.05) is 5.73 Å². The van der Waals surface area contributed by atoms with Crippen LogP contribution in [0.2, 0.25) is 0 Å². The van der Waals surface area contributed by atoms with E-state index in [4.69, 9.17) is 5.73 Å². The zero-order chi connectivity index (χ0) is 11.8. The number of benzene rings is 2. The summed E-state index contributed by atoms with van der Waals surface area (Å²) in [7, 11) is 0. The van der Waals surface area contributed by atoms with Crippen molar-refractivity contribution < 1.29 is 0 Å². The van der Waals surface area contributed by atoms with Gasteiger partial charge in [-0.05, 0) is 23.6 Å². The fourth-order valence-electron chi connectivity index (χ4n) is 1.29. The highest BCUT2D eigenvalue weighted by Crippen LogP contribution is 2.11. The van der Waals surface area contributed by atoms with Crippen molar-refractivity contribution in [3.8, 4) is 0 Å². The minimum absolute atomic E-state index is 0.659. The van der Waals surface area contributed by atoms with Crippen LogP contribution in [0.1, 0.15) is 25.3 Å². The normalized spacial score (nSPS) is 9.44. The van der Waals surface area contributed by atoms with Crippen molar-refractivity contribution in [3.05, 3.63) is 66.2 Å². The number of nitrogens with two attached hydrogens (primary N) is 1. The lowest BCUT2D eigenvalue weighted by Crippen LogP contribution is -1.83. The molecule has 0 heterocycles. The Morgan fingerprint density at radius 2 is 1.19 bits per heavy atom. The molecule has 0 spiro atoms. The third-order valence-electron chi connectivity index (χ3n) is 2.27. The monoisotopic (exact) mass is 213 g/mol. The Morgan fingerprint density at radius 1 is 0.750 bits per heavy atom. The van der Waals surface area contributed by atoms with Crippen molar-refractivity contribution in [3.63, 3.8) is 0 Å².